The zero-order valence-corrected chi connectivity index (χ0v) is 6.84. The second-order valence-electron chi connectivity index (χ2n) is 2.49. The van der Waals surface area contributed by atoms with Gasteiger partial charge >= 0.3 is 6.03 Å². The van der Waals surface area contributed by atoms with E-state index >= 15 is 0 Å². The van der Waals surface area contributed by atoms with Crippen molar-refractivity contribution in [2.75, 3.05) is 6.54 Å². The predicted octanol–water partition coefficient (Wildman–Crippen LogP) is -0.476. The van der Waals surface area contributed by atoms with Gasteiger partial charge in [0.2, 0.25) is 0 Å². The lowest BCUT2D eigenvalue weighted by Crippen LogP contribution is -2.36. The summed E-state index contributed by atoms with van der Waals surface area (Å²) in [6, 6.07) is -0.424. The maximum atomic E-state index is 11.2. The Bertz CT molecular complexity index is 207. The first kappa shape index (κ1) is 9.02. The van der Waals surface area contributed by atoms with Crippen molar-refractivity contribution in [2.45, 2.75) is 19.4 Å². The minimum atomic E-state index is -1.20. The van der Waals surface area contributed by atoms with Crippen molar-refractivity contribution in [1.29, 1.82) is 0 Å². The molecule has 5 nitrogen and oxygen atoms in total. The Balaban J connectivity index is 2.85. The van der Waals surface area contributed by atoms with Gasteiger partial charge in [-0.05, 0) is 6.92 Å². The number of carbonyl (C=O) groups excluding carboxylic acids is 1. The lowest BCUT2D eigenvalue weighted by atomic mass is 10.4. The number of likely N-dealkylation sites (N-methyl/N-ethyl adjacent to an activating group) is 1. The Morgan fingerprint density at radius 1 is 1.58 bits per heavy atom. The smallest absolute Gasteiger partial charge is 0.328 e. The number of amides is 2. The highest BCUT2D eigenvalue weighted by Crippen LogP contribution is 2.18. The monoisotopic (exact) mass is 172 g/mol. The normalized spacial score (nSPS) is 29.8. The number of nitrogens with zero attached hydrogens (tertiary/aromatic N) is 2. The van der Waals surface area contributed by atoms with Gasteiger partial charge < -0.3 is 10.2 Å². The van der Waals surface area contributed by atoms with E-state index in [1.54, 1.807) is 6.92 Å². The van der Waals surface area contributed by atoms with Crippen LogP contribution in [0.2, 0.25) is 0 Å². The van der Waals surface area contributed by atoms with Crippen LogP contribution in [0.4, 0.5) is 4.79 Å². The SMILES string of the molecule is C=CN1C(=O)N(CC)C(O)C1O. The van der Waals surface area contributed by atoms with E-state index < -0.39 is 18.5 Å². The third-order valence-corrected chi connectivity index (χ3v) is 1.87. The molecule has 1 heterocycles. The van der Waals surface area contributed by atoms with Gasteiger partial charge in [-0.1, -0.05) is 6.58 Å². The zero-order chi connectivity index (χ0) is 9.30. The number of hydrogen-bond donors (Lipinski definition) is 2. The van der Waals surface area contributed by atoms with Gasteiger partial charge in [-0.15, -0.1) is 0 Å². The van der Waals surface area contributed by atoms with Crippen LogP contribution < -0.4 is 0 Å². The van der Waals surface area contributed by atoms with Crippen molar-refractivity contribution in [3.8, 4) is 0 Å². The van der Waals surface area contributed by atoms with Crippen LogP contribution in [0.15, 0.2) is 12.8 Å². The number of aliphatic hydroxyl groups is 2. The molecule has 12 heavy (non-hydrogen) atoms. The van der Waals surface area contributed by atoms with Crippen molar-refractivity contribution >= 4 is 6.03 Å². The van der Waals surface area contributed by atoms with Crippen molar-refractivity contribution in [3.05, 3.63) is 12.8 Å². The highest BCUT2D eigenvalue weighted by molar-refractivity contribution is 5.78. The molecule has 0 aliphatic carbocycles. The van der Waals surface area contributed by atoms with E-state index in [-0.39, 0.29) is 0 Å². The molecule has 0 saturated carbocycles. The van der Waals surface area contributed by atoms with Gasteiger partial charge in [0.25, 0.3) is 0 Å². The number of hydrogen-bond acceptors (Lipinski definition) is 3. The number of urea groups is 1. The average Bonchev–Trinajstić information content (AvgIpc) is 2.25. The summed E-state index contributed by atoms with van der Waals surface area (Å²) in [5, 5.41) is 18.6. The van der Waals surface area contributed by atoms with Crippen molar-refractivity contribution in [3.63, 3.8) is 0 Å². The molecule has 1 aliphatic rings. The molecule has 0 aromatic heterocycles. The van der Waals surface area contributed by atoms with E-state index in [2.05, 4.69) is 6.58 Å². The fourth-order valence-electron chi connectivity index (χ4n) is 1.19. The maximum Gasteiger partial charge on any atom is 0.328 e. The molecule has 1 aliphatic heterocycles. The quantitative estimate of drug-likeness (QED) is 0.591. The minimum Gasteiger partial charge on any atom is -0.369 e. The first-order valence-electron chi connectivity index (χ1n) is 3.71. The molecule has 2 unspecified atom stereocenters. The van der Waals surface area contributed by atoms with Gasteiger partial charge in [0.1, 0.15) is 0 Å². The van der Waals surface area contributed by atoms with E-state index in [9.17, 15) is 15.0 Å². The molecule has 1 rings (SSSR count). The van der Waals surface area contributed by atoms with E-state index in [0.717, 1.165) is 9.80 Å². The molecule has 2 atom stereocenters. The Labute approximate surface area is 70.5 Å². The third-order valence-electron chi connectivity index (χ3n) is 1.87. The number of rotatable bonds is 2. The highest BCUT2D eigenvalue weighted by atomic mass is 16.4. The number of carbonyl (C=O) groups is 1. The van der Waals surface area contributed by atoms with Crippen LogP contribution in [0.1, 0.15) is 6.92 Å². The summed E-state index contributed by atoms with van der Waals surface area (Å²) in [7, 11) is 0. The van der Waals surface area contributed by atoms with Crippen LogP contribution in [0.3, 0.4) is 0 Å². The first-order chi connectivity index (χ1) is 5.63. The van der Waals surface area contributed by atoms with Gasteiger partial charge in [0, 0.05) is 12.7 Å². The Morgan fingerprint density at radius 3 is 2.42 bits per heavy atom. The molecule has 2 amide bonds. The fourth-order valence-corrected chi connectivity index (χ4v) is 1.19. The summed E-state index contributed by atoms with van der Waals surface area (Å²) in [6.45, 7) is 5.44. The van der Waals surface area contributed by atoms with Crippen molar-refractivity contribution in [2.24, 2.45) is 0 Å². The minimum absolute atomic E-state index is 0.363. The lowest BCUT2D eigenvalue weighted by molar-refractivity contribution is -0.0553. The van der Waals surface area contributed by atoms with Gasteiger partial charge in [-0.3, -0.25) is 9.80 Å². The van der Waals surface area contributed by atoms with Gasteiger partial charge in [0.15, 0.2) is 12.5 Å². The molecule has 2 N–H and O–H groups in total. The van der Waals surface area contributed by atoms with E-state index in [4.69, 9.17) is 0 Å². The topological polar surface area (TPSA) is 64.0 Å². The predicted molar refractivity (Wildman–Crippen MR) is 41.8 cm³/mol. The Morgan fingerprint density at radius 2 is 2.17 bits per heavy atom. The summed E-state index contributed by atoms with van der Waals surface area (Å²) < 4.78 is 0. The van der Waals surface area contributed by atoms with Crippen LogP contribution in [0.25, 0.3) is 0 Å². The zero-order valence-electron chi connectivity index (χ0n) is 6.84. The van der Waals surface area contributed by atoms with Gasteiger partial charge in [0.05, 0.1) is 0 Å². The summed E-state index contributed by atoms with van der Waals surface area (Å²) in [5.74, 6) is 0. The van der Waals surface area contributed by atoms with Gasteiger partial charge in [-0.2, -0.15) is 0 Å². The third kappa shape index (κ3) is 1.07. The molecule has 0 bridgehead atoms. The Hall–Kier alpha value is -1.07. The molecule has 68 valence electrons. The summed E-state index contributed by atoms with van der Waals surface area (Å²) >= 11 is 0. The molecular weight excluding hydrogens is 160 g/mol. The first-order valence-corrected chi connectivity index (χ1v) is 3.71. The summed E-state index contributed by atoms with van der Waals surface area (Å²) in [5.41, 5.74) is 0. The van der Waals surface area contributed by atoms with E-state index in [1.165, 1.54) is 6.20 Å². The van der Waals surface area contributed by atoms with Crippen LogP contribution in [0.5, 0.6) is 0 Å². The molecule has 1 fully saturated rings. The van der Waals surface area contributed by atoms with Crippen LogP contribution >= 0.6 is 0 Å². The van der Waals surface area contributed by atoms with Crippen LogP contribution in [0, 0.1) is 0 Å². The molecule has 1 saturated heterocycles. The second kappa shape index (κ2) is 3.12. The fraction of sp³-hybridized carbons (Fsp3) is 0.571. The van der Waals surface area contributed by atoms with Gasteiger partial charge in [-0.25, -0.2) is 4.79 Å². The molecular formula is C7H12N2O3. The lowest BCUT2D eigenvalue weighted by Gasteiger charge is -2.16. The standard InChI is InChI=1S/C7H12N2O3/c1-3-8-5(10)6(11)9(4-2)7(8)12/h3,5-6,10-11H,1,4H2,2H3. The largest absolute Gasteiger partial charge is 0.369 e. The van der Waals surface area contributed by atoms with Crippen LogP contribution in [-0.2, 0) is 0 Å². The average molecular weight is 172 g/mol. The van der Waals surface area contributed by atoms with Crippen molar-refractivity contribution < 1.29 is 15.0 Å². The molecule has 0 aromatic carbocycles. The summed E-state index contributed by atoms with van der Waals surface area (Å²) in [6.07, 6.45) is -1.15. The van der Waals surface area contributed by atoms with Crippen molar-refractivity contribution in [1.82, 2.24) is 9.80 Å². The molecule has 0 spiro atoms. The van der Waals surface area contributed by atoms with E-state index in [1.807, 2.05) is 0 Å². The molecule has 5 heteroatoms. The highest BCUT2D eigenvalue weighted by Gasteiger charge is 2.41. The Kier molecular flexibility index (Phi) is 2.35. The molecule has 0 aromatic rings. The maximum absolute atomic E-state index is 11.2. The molecule has 0 radical (unpaired) electrons. The van der Waals surface area contributed by atoms with Crippen LogP contribution in [-0.4, -0.2) is 45.0 Å². The summed E-state index contributed by atoms with van der Waals surface area (Å²) in [4.78, 5) is 13.4. The van der Waals surface area contributed by atoms with E-state index in [0.29, 0.717) is 6.54 Å². The number of aliphatic hydroxyl groups excluding tert-OH is 2. The second-order valence-corrected chi connectivity index (χ2v) is 2.49.